The van der Waals surface area contributed by atoms with Crippen molar-refractivity contribution in [3.05, 3.63) is 94.4 Å². The Morgan fingerprint density at radius 3 is 2.33 bits per heavy atom. The number of aryl methyl sites for hydroxylation is 1. The summed E-state index contributed by atoms with van der Waals surface area (Å²) in [4.78, 5) is 15.5. The van der Waals surface area contributed by atoms with Crippen molar-refractivity contribution >= 4 is 41.3 Å². The third kappa shape index (κ3) is 8.22. The van der Waals surface area contributed by atoms with Crippen molar-refractivity contribution in [1.82, 2.24) is 9.55 Å². The quantitative estimate of drug-likeness (QED) is 0.175. The molecule has 7 heteroatoms. The summed E-state index contributed by atoms with van der Waals surface area (Å²) in [5, 5.41) is 9.91. The molecule has 4 rings (SSSR count). The molecule has 0 saturated heterocycles. The number of carbonyl (C=O) groups is 1. The lowest BCUT2D eigenvalue weighted by atomic mass is 10.0. The van der Waals surface area contributed by atoms with Gasteiger partial charge in [-0.15, -0.1) is 0 Å². The Labute approximate surface area is 239 Å². The largest absolute Gasteiger partial charge is 0.494 e. The van der Waals surface area contributed by atoms with Crippen LogP contribution in [0.5, 0.6) is 5.75 Å². The third-order valence-electron chi connectivity index (χ3n) is 6.29. The molecule has 1 aromatic heterocycles. The molecule has 0 unspecified atom stereocenters. The Balaban J connectivity index is 1.46. The van der Waals surface area contributed by atoms with Gasteiger partial charge >= 0.3 is 5.97 Å². The second-order valence-electron chi connectivity index (χ2n) is 9.81. The van der Waals surface area contributed by atoms with Gasteiger partial charge in [-0.2, -0.15) is 0 Å². The number of benzene rings is 3. The maximum absolute atomic E-state index is 10.6. The molecule has 1 heterocycles. The number of rotatable bonds is 12. The average molecular weight is 564 g/mol. The number of aliphatic carboxylic acids is 1. The zero-order chi connectivity index (χ0) is 27.8. The highest BCUT2D eigenvalue weighted by Crippen LogP contribution is 2.30. The molecule has 1 N–H and O–H groups in total. The van der Waals surface area contributed by atoms with Crippen LogP contribution in [0.3, 0.4) is 0 Å². The van der Waals surface area contributed by atoms with Crippen LogP contribution >= 0.6 is 23.2 Å². The molecule has 3 aromatic carbocycles. The minimum Gasteiger partial charge on any atom is -0.494 e. The van der Waals surface area contributed by atoms with Gasteiger partial charge in [0.2, 0.25) is 0 Å². The lowest BCUT2D eigenvalue weighted by Gasteiger charge is -2.08. The van der Waals surface area contributed by atoms with Crippen molar-refractivity contribution in [1.29, 1.82) is 0 Å². The SMILES string of the molecule is CC(C)CCn1cc(-c2ccc(Cl)cc2Cl)nc1C=Cc1ccc(-c2ccc(OCCCC(=O)O)cc2)cc1. The van der Waals surface area contributed by atoms with Gasteiger partial charge in [0.1, 0.15) is 11.6 Å². The predicted molar refractivity (Wildman–Crippen MR) is 160 cm³/mol. The van der Waals surface area contributed by atoms with Crippen LogP contribution in [0.25, 0.3) is 34.5 Å². The van der Waals surface area contributed by atoms with E-state index in [1.165, 1.54) is 0 Å². The smallest absolute Gasteiger partial charge is 0.303 e. The van der Waals surface area contributed by atoms with E-state index < -0.39 is 5.97 Å². The summed E-state index contributed by atoms with van der Waals surface area (Å²) in [6.45, 7) is 5.69. The van der Waals surface area contributed by atoms with Crippen LogP contribution in [-0.2, 0) is 11.3 Å². The number of halogens is 2. The van der Waals surface area contributed by atoms with Crippen molar-refractivity contribution < 1.29 is 14.6 Å². The van der Waals surface area contributed by atoms with Gasteiger partial charge in [0, 0.05) is 29.7 Å². The van der Waals surface area contributed by atoms with Crippen LogP contribution in [0.4, 0.5) is 0 Å². The molecule has 39 heavy (non-hydrogen) atoms. The minimum absolute atomic E-state index is 0.108. The first-order valence-corrected chi connectivity index (χ1v) is 13.8. The second kappa shape index (κ2) is 13.5. The second-order valence-corrected chi connectivity index (χ2v) is 10.7. The van der Waals surface area contributed by atoms with Crippen molar-refractivity contribution in [2.75, 3.05) is 6.61 Å². The fourth-order valence-corrected chi connectivity index (χ4v) is 4.59. The summed E-state index contributed by atoms with van der Waals surface area (Å²) in [5.74, 6) is 1.38. The Morgan fingerprint density at radius 1 is 1.00 bits per heavy atom. The monoisotopic (exact) mass is 562 g/mol. The summed E-state index contributed by atoms with van der Waals surface area (Å²) in [7, 11) is 0. The first-order chi connectivity index (χ1) is 18.8. The lowest BCUT2D eigenvalue weighted by Crippen LogP contribution is -2.02. The van der Waals surface area contributed by atoms with Crippen LogP contribution < -0.4 is 4.74 Å². The van der Waals surface area contributed by atoms with Crippen LogP contribution in [0.1, 0.15) is 44.5 Å². The third-order valence-corrected chi connectivity index (χ3v) is 6.84. The predicted octanol–water partition coefficient (Wildman–Crippen LogP) is 8.98. The van der Waals surface area contributed by atoms with E-state index in [9.17, 15) is 4.79 Å². The summed E-state index contributed by atoms with van der Waals surface area (Å²) >= 11 is 12.5. The van der Waals surface area contributed by atoms with E-state index in [4.69, 9.17) is 38.0 Å². The normalized spacial score (nSPS) is 11.4. The molecule has 5 nitrogen and oxygen atoms in total. The highest BCUT2D eigenvalue weighted by Gasteiger charge is 2.12. The lowest BCUT2D eigenvalue weighted by molar-refractivity contribution is -0.137. The molecule has 0 aliphatic rings. The maximum Gasteiger partial charge on any atom is 0.303 e. The minimum atomic E-state index is -0.809. The average Bonchev–Trinajstić information content (AvgIpc) is 3.32. The van der Waals surface area contributed by atoms with Gasteiger partial charge in [-0.3, -0.25) is 4.79 Å². The van der Waals surface area contributed by atoms with Gasteiger partial charge in [0.15, 0.2) is 0 Å². The van der Waals surface area contributed by atoms with E-state index in [1.54, 1.807) is 6.07 Å². The molecule has 0 aliphatic carbocycles. The summed E-state index contributed by atoms with van der Waals surface area (Å²) < 4.78 is 7.81. The molecule has 0 aliphatic heterocycles. The van der Waals surface area contributed by atoms with Gasteiger partial charge in [0.25, 0.3) is 0 Å². The van der Waals surface area contributed by atoms with E-state index in [0.717, 1.165) is 52.5 Å². The van der Waals surface area contributed by atoms with Crippen molar-refractivity contribution in [2.24, 2.45) is 5.92 Å². The number of carboxylic acid groups (broad SMARTS) is 1. The summed E-state index contributed by atoms with van der Waals surface area (Å²) in [6.07, 6.45) is 7.81. The van der Waals surface area contributed by atoms with E-state index in [0.29, 0.717) is 29.0 Å². The molecule has 0 atom stereocenters. The zero-order valence-electron chi connectivity index (χ0n) is 22.1. The van der Waals surface area contributed by atoms with Crippen LogP contribution in [-0.4, -0.2) is 27.2 Å². The fraction of sp³-hybridized carbons (Fsp3) is 0.250. The van der Waals surface area contributed by atoms with Gasteiger partial charge < -0.3 is 14.4 Å². The molecule has 0 spiro atoms. The summed E-state index contributed by atoms with van der Waals surface area (Å²) in [5.41, 5.74) is 4.94. The first-order valence-electron chi connectivity index (χ1n) is 13.0. The van der Waals surface area contributed by atoms with Crippen molar-refractivity contribution in [3.63, 3.8) is 0 Å². The fourth-order valence-electron chi connectivity index (χ4n) is 4.08. The van der Waals surface area contributed by atoms with E-state index in [1.807, 2.05) is 42.5 Å². The van der Waals surface area contributed by atoms with Gasteiger partial charge in [-0.05, 0) is 71.9 Å². The molecule has 0 bridgehead atoms. The van der Waals surface area contributed by atoms with Crippen molar-refractivity contribution in [3.8, 4) is 28.1 Å². The van der Waals surface area contributed by atoms with Gasteiger partial charge in [0.05, 0.1) is 17.3 Å². The van der Waals surface area contributed by atoms with E-state index >= 15 is 0 Å². The van der Waals surface area contributed by atoms with Crippen LogP contribution in [0.15, 0.2) is 72.9 Å². The summed E-state index contributed by atoms with van der Waals surface area (Å²) in [6, 6.07) is 21.7. The van der Waals surface area contributed by atoms with Gasteiger partial charge in [-0.1, -0.05) is 79.5 Å². The van der Waals surface area contributed by atoms with Crippen LogP contribution in [0.2, 0.25) is 10.0 Å². The van der Waals surface area contributed by atoms with E-state index in [2.05, 4.69) is 55.0 Å². The number of nitrogens with zero attached hydrogens (tertiary/aromatic N) is 2. The number of hydrogen-bond acceptors (Lipinski definition) is 3. The molecule has 0 saturated carbocycles. The van der Waals surface area contributed by atoms with Gasteiger partial charge in [-0.25, -0.2) is 4.98 Å². The Kier molecular flexibility index (Phi) is 9.85. The molecular weight excluding hydrogens is 531 g/mol. The first kappa shape index (κ1) is 28.5. The highest BCUT2D eigenvalue weighted by atomic mass is 35.5. The van der Waals surface area contributed by atoms with Crippen LogP contribution in [0, 0.1) is 5.92 Å². The standard InChI is InChI=1S/C32H32Cl2N2O3/c1-22(2)17-18-36-21-30(28-15-12-26(33)20-29(28)34)35-31(36)16-7-23-5-8-24(9-6-23)25-10-13-27(14-11-25)39-19-3-4-32(37)38/h5-16,20-22H,3-4,17-19H2,1-2H3,(H,37,38). The number of imidazole rings is 1. The molecule has 0 amide bonds. The number of ether oxygens (including phenoxy) is 1. The number of aromatic nitrogens is 2. The Morgan fingerprint density at radius 2 is 1.69 bits per heavy atom. The molecule has 4 aromatic rings. The van der Waals surface area contributed by atoms with E-state index in [-0.39, 0.29) is 6.42 Å². The number of carboxylic acids is 1. The maximum atomic E-state index is 10.6. The zero-order valence-corrected chi connectivity index (χ0v) is 23.6. The molecule has 0 radical (unpaired) electrons. The molecule has 0 fully saturated rings. The highest BCUT2D eigenvalue weighted by molar-refractivity contribution is 6.36. The Hall–Kier alpha value is -3.54. The molecule has 202 valence electrons. The number of hydrogen-bond donors (Lipinski definition) is 1. The molecular formula is C32H32Cl2N2O3. The topological polar surface area (TPSA) is 64.4 Å². The van der Waals surface area contributed by atoms with Crippen molar-refractivity contribution in [2.45, 2.75) is 39.7 Å². The Bertz CT molecular complexity index is 1430.